The molecular formula is C22H25N3O3S. The molecule has 1 N–H and O–H groups in total. The molecule has 1 atom stereocenters. The molecule has 0 unspecified atom stereocenters. The second-order valence-electron chi connectivity index (χ2n) is 7.66. The molecular weight excluding hydrogens is 386 g/mol. The lowest BCUT2D eigenvalue weighted by Crippen LogP contribution is -2.43. The summed E-state index contributed by atoms with van der Waals surface area (Å²) in [5, 5.41) is 2.93. The highest BCUT2D eigenvalue weighted by molar-refractivity contribution is 8.18. The summed E-state index contributed by atoms with van der Waals surface area (Å²) in [6.07, 6.45) is 7.81. The number of rotatable bonds is 4. The van der Waals surface area contributed by atoms with Gasteiger partial charge in [0.25, 0.3) is 11.1 Å². The minimum absolute atomic E-state index is 0.127. The van der Waals surface area contributed by atoms with Crippen LogP contribution < -0.4 is 5.32 Å². The highest BCUT2D eigenvalue weighted by atomic mass is 32.2. The molecule has 7 heteroatoms. The predicted octanol–water partition coefficient (Wildman–Crippen LogP) is 3.93. The van der Waals surface area contributed by atoms with Crippen molar-refractivity contribution in [3.63, 3.8) is 0 Å². The number of imide groups is 1. The van der Waals surface area contributed by atoms with Gasteiger partial charge in [-0.1, -0.05) is 25.1 Å². The highest BCUT2D eigenvalue weighted by Gasteiger charge is 2.27. The fourth-order valence-electron chi connectivity index (χ4n) is 4.26. The van der Waals surface area contributed by atoms with E-state index >= 15 is 0 Å². The van der Waals surface area contributed by atoms with Gasteiger partial charge in [0, 0.05) is 29.7 Å². The number of hydrogen-bond donors (Lipinski definition) is 1. The van der Waals surface area contributed by atoms with Gasteiger partial charge in [-0.15, -0.1) is 0 Å². The van der Waals surface area contributed by atoms with E-state index in [1.165, 1.54) is 6.42 Å². The number of para-hydroxylation sites is 1. The molecule has 0 aliphatic carbocycles. The van der Waals surface area contributed by atoms with Gasteiger partial charge in [-0.3, -0.25) is 19.7 Å². The van der Waals surface area contributed by atoms with Crippen molar-refractivity contribution in [1.29, 1.82) is 0 Å². The molecule has 0 saturated carbocycles. The van der Waals surface area contributed by atoms with E-state index in [2.05, 4.69) is 25.2 Å². The van der Waals surface area contributed by atoms with Gasteiger partial charge in [-0.25, -0.2) is 0 Å². The molecule has 2 aliphatic heterocycles. The molecule has 0 bridgehead atoms. The number of piperidine rings is 1. The van der Waals surface area contributed by atoms with Gasteiger partial charge in [0.2, 0.25) is 5.91 Å². The summed E-state index contributed by atoms with van der Waals surface area (Å²) in [6.45, 7) is 5.30. The van der Waals surface area contributed by atoms with E-state index in [0.717, 1.165) is 59.6 Å². The van der Waals surface area contributed by atoms with Crippen molar-refractivity contribution in [3.8, 4) is 0 Å². The number of carbonyl (C=O) groups excluding carboxylic acids is 3. The van der Waals surface area contributed by atoms with E-state index in [0.29, 0.717) is 4.91 Å². The van der Waals surface area contributed by atoms with Crippen molar-refractivity contribution in [3.05, 3.63) is 40.4 Å². The van der Waals surface area contributed by atoms with Crippen molar-refractivity contribution in [2.24, 2.45) is 0 Å². The Morgan fingerprint density at radius 1 is 1.31 bits per heavy atom. The van der Waals surface area contributed by atoms with Crippen molar-refractivity contribution < 1.29 is 14.4 Å². The van der Waals surface area contributed by atoms with Crippen molar-refractivity contribution in [2.45, 2.75) is 52.1 Å². The maximum atomic E-state index is 13.0. The van der Waals surface area contributed by atoms with Crippen LogP contribution in [0.5, 0.6) is 0 Å². The Balaban J connectivity index is 1.74. The zero-order valence-electron chi connectivity index (χ0n) is 16.7. The van der Waals surface area contributed by atoms with Gasteiger partial charge >= 0.3 is 0 Å². The van der Waals surface area contributed by atoms with Crippen molar-refractivity contribution >= 4 is 45.8 Å². The molecule has 4 rings (SSSR count). The Hall–Kier alpha value is -2.54. The molecule has 6 nitrogen and oxygen atoms in total. The normalized spacial score (nSPS) is 21.2. The van der Waals surface area contributed by atoms with Crippen LogP contribution in [0.1, 0.15) is 44.2 Å². The third-order valence-corrected chi connectivity index (χ3v) is 6.56. The summed E-state index contributed by atoms with van der Waals surface area (Å²) in [5.41, 5.74) is 3.03. The molecule has 2 fully saturated rings. The highest BCUT2D eigenvalue weighted by Crippen LogP contribution is 2.31. The maximum absolute atomic E-state index is 13.0. The SMILES string of the molecule is CCc1cccc2c(/C=C3\SC(=O)NC3=O)cn(CC(=O)N3CCCC[C@@H]3C)c12. The zero-order valence-corrected chi connectivity index (χ0v) is 17.6. The van der Waals surface area contributed by atoms with Gasteiger partial charge in [-0.05, 0) is 56.0 Å². The smallest absolute Gasteiger partial charge is 0.290 e. The third kappa shape index (κ3) is 3.83. The second kappa shape index (κ2) is 8.06. The third-order valence-electron chi connectivity index (χ3n) is 5.75. The molecule has 1 aromatic carbocycles. The molecule has 3 heterocycles. The van der Waals surface area contributed by atoms with E-state index in [9.17, 15) is 14.4 Å². The van der Waals surface area contributed by atoms with Crippen molar-refractivity contribution in [1.82, 2.24) is 14.8 Å². The van der Waals surface area contributed by atoms with Crippen LogP contribution in [0.15, 0.2) is 29.3 Å². The zero-order chi connectivity index (χ0) is 20.5. The first-order valence-corrected chi connectivity index (χ1v) is 10.9. The first-order chi connectivity index (χ1) is 14.0. The molecule has 2 aliphatic rings. The first-order valence-electron chi connectivity index (χ1n) is 10.1. The van der Waals surface area contributed by atoms with E-state index in [1.54, 1.807) is 6.08 Å². The average Bonchev–Trinajstić information content (AvgIpc) is 3.21. The summed E-state index contributed by atoms with van der Waals surface area (Å²) >= 11 is 0.910. The Bertz CT molecular complexity index is 1020. The monoisotopic (exact) mass is 411 g/mol. The number of nitrogens with one attached hydrogen (secondary N) is 1. The van der Waals surface area contributed by atoms with Crippen LogP contribution in [0.3, 0.4) is 0 Å². The molecule has 3 amide bonds. The largest absolute Gasteiger partial charge is 0.338 e. The Kier molecular flexibility index (Phi) is 5.50. The Morgan fingerprint density at radius 2 is 2.14 bits per heavy atom. The summed E-state index contributed by atoms with van der Waals surface area (Å²) in [5.74, 6) is -0.242. The lowest BCUT2D eigenvalue weighted by atomic mass is 10.0. The van der Waals surface area contributed by atoms with Gasteiger partial charge < -0.3 is 9.47 Å². The standard InChI is InChI=1S/C22H25N3O3S/c1-3-15-8-6-9-17-16(11-18-21(27)23-22(28)29-18)12-24(20(15)17)13-19(26)25-10-5-4-7-14(25)2/h6,8-9,11-12,14H,3-5,7,10,13H2,1-2H3,(H,23,27,28)/b18-11-/t14-/m0/s1. The fraction of sp³-hybridized carbons (Fsp3) is 0.409. The number of carbonyl (C=O) groups is 3. The van der Waals surface area contributed by atoms with Gasteiger partial charge in [0.05, 0.1) is 10.4 Å². The number of fused-ring (bicyclic) bond motifs is 1. The quantitative estimate of drug-likeness (QED) is 0.774. The number of aryl methyl sites for hydroxylation is 1. The minimum atomic E-state index is -0.370. The lowest BCUT2D eigenvalue weighted by Gasteiger charge is -2.33. The molecule has 2 saturated heterocycles. The Labute approximate surface area is 174 Å². The summed E-state index contributed by atoms with van der Waals surface area (Å²) in [4.78, 5) is 38.9. The number of benzene rings is 1. The van der Waals surface area contributed by atoms with Crippen LogP contribution in [-0.2, 0) is 22.6 Å². The van der Waals surface area contributed by atoms with E-state index in [1.807, 2.05) is 27.8 Å². The number of thioether (sulfide) groups is 1. The summed E-state index contributed by atoms with van der Waals surface area (Å²) in [7, 11) is 0. The lowest BCUT2D eigenvalue weighted by molar-refractivity contribution is -0.135. The van der Waals surface area contributed by atoms with Crippen LogP contribution >= 0.6 is 11.8 Å². The van der Waals surface area contributed by atoms with Gasteiger partial charge in [0.15, 0.2) is 0 Å². The van der Waals surface area contributed by atoms with Crippen molar-refractivity contribution in [2.75, 3.05) is 6.54 Å². The summed E-state index contributed by atoms with van der Waals surface area (Å²) < 4.78 is 2.00. The van der Waals surface area contributed by atoms with Gasteiger partial charge in [-0.2, -0.15) is 0 Å². The molecule has 152 valence electrons. The number of hydrogen-bond acceptors (Lipinski definition) is 4. The van der Waals surface area contributed by atoms with E-state index in [-0.39, 0.29) is 29.6 Å². The Morgan fingerprint density at radius 3 is 2.83 bits per heavy atom. The van der Waals surface area contributed by atoms with E-state index < -0.39 is 0 Å². The first kappa shape index (κ1) is 19.8. The number of aromatic nitrogens is 1. The second-order valence-corrected chi connectivity index (χ2v) is 8.68. The van der Waals surface area contributed by atoms with Crippen LogP contribution in [0.4, 0.5) is 4.79 Å². The van der Waals surface area contributed by atoms with Crippen LogP contribution in [0.2, 0.25) is 0 Å². The van der Waals surface area contributed by atoms with Crippen LogP contribution in [0.25, 0.3) is 17.0 Å². The number of likely N-dealkylation sites (tertiary alicyclic amines) is 1. The molecule has 0 radical (unpaired) electrons. The van der Waals surface area contributed by atoms with Crippen LogP contribution in [-0.4, -0.2) is 39.1 Å². The average molecular weight is 412 g/mol. The van der Waals surface area contributed by atoms with E-state index in [4.69, 9.17) is 0 Å². The minimum Gasteiger partial charge on any atom is -0.338 e. The fourth-order valence-corrected chi connectivity index (χ4v) is 4.93. The molecule has 29 heavy (non-hydrogen) atoms. The van der Waals surface area contributed by atoms with Gasteiger partial charge in [0.1, 0.15) is 6.54 Å². The molecule has 1 aromatic heterocycles. The maximum Gasteiger partial charge on any atom is 0.290 e. The number of amides is 3. The summed E-state index contributed by atoms with van der Waals surface area (Å²) in [6, 6.07) is 6.35. The molecule has 0 spiro atoms. The number of nitrogens with zero attached hydrogens (tertiary/aromatic N) is 2. The predicted molar refractivity (Wildman–Crippen MR) is 115 cm³/mol. The topological polar surface area (TPSA) is 71.4 Å². The van der Waals surface area contributed by atoms with Crippen LogP contribution in [0, 0.1) is 0 Å². The molecule has 2 aromatic rings.